The molecule has 0 saturated carbocycles. The molecule has 0 aromatic carbocycles. The molecule has 3 aromatic heterocycles. The molecule has 0 aliphatic heterocycles. The zero-order valence-corrected chi connectivity index (χ0v) is 10.8. The van der Waals surface area contributed by atoms with Gasteiger partial charge in [-0.3, -0.25) is 4.40 Å². The summed E-state index contributed by atoms with van der Waals surface area (Å²) in [5, 5.41) is 0.416. The lowest BCUT2D eigenvalue weighted by Gasteiger charge is -2.08. The van der Waals surface area contributed by atoms with Crippen LogP contribution in [0.5, 0.6) is 0 Å². The summed E-state index contributed by atoms with van der Waals surface area (Å²) in [6.07, 6.45) is 3.64. The Kier molecular flexibility index (Phi) is 2.52. The van der Waals surface area contributed by atoms with Gasteiger partial charge < -0.3 is 0 Å². The van der Waals surface area contributed by atoms with Gasteiger partial charge in [0.1, 0.15) is 11.3 Å². The van der Waals surface area contributed by atoms with Crippen LogP contribution in [0, 0.1) is 13.8 Å². The van der Waals surface area contributed by atoms with Crippen LogP contribution in [0.4, 0.5) is 0 Å². The largest absolute Gasteiger partial charge is 0.298 e. The zero-order valence-electron chi connectivity index (χ0n) is 10.1. The molecular formula is C13H11ClN4. The minimum Gasteiger partial charge on any atom is -0.298 e. The van der Waals surface area contributed by atoms with Crippen LogP contribution in [-0.4, -0.2) is 19.4 Å². The lowest BCUT2D eigenvalue weighted by Crippen LogP contribution is -1.99. The first kappa shape index (κ1) is 11.2. The molecule has 90 valence electrons. The van der Waals surface area contributed by atoms with E-state index in [0.29, 0.717) is 10.8 Å². The molecule has 0 atom stereocenters. The molecule has 18 heavy (non-hydrogen) atoms. The fraction of sp³-hybridized carbons (Fsp3) is 0.154. The molecule has 0 unspecified atom stereocenters. The van der Waals surface area contributed by atoms with Gasteiger partial charge in [-0.25, -0.2) is 15.0 Å². The standard InChI is InChI=1S/C13H11ClN4/c1-8-9(2)17-13(14)12(16-8)10-4-3-5-11-15-6-7-18(10)11/h3-7H,1-2H3. The molecule has 0 amide bonds. The Morgan fingerprint density at radius 1 is 1.11 bits per heavy atom. The fourth-order valence-electron chi connectivity index (χ4n) is 1.88. The molecule has 3 rings (SSSR count). The van der Waals surface area contributed by atoms with E-state index in [1.54, 1.807) is 6.20 Å². The molecular weight excluding hydrogens is 248 g/mol. The predicted octanol–water partition coefficient (Wildman–Crippen LogP) is 3.06. The molecule has 4 nitrogen and oxygen atoms in total. The first-order valence-corrected chi connectivity index (χ1v) is 5.98. The third-order valence-corrected chi connectivity index (χ3v) is 3.20. The highest BCUT2D eigenvalue weighted by Gasteiger charge is 2.12. The van der Waals surface area contributed by atoms with Crippen molar-refractivity contribution in [3.8, 4) is 11.4 Å². The summed E-state index contributed by atoms with van der Waals surface area (Å²) in [4.78, 5) is 13.1. The number of halogens is 1. The molecule has 0 spiro atoms. The molecule has 3 aromatic rings. The van der Waals surface area contributed by atoms with Crippen molar-refractivity contribution in [1.82, 2.24) is 19.4 Å². The third kappa shape index (κ3) is 1.66. The molecule has 0 aliphatic rings. The van der Waals surface area contributed by atoms with Gasteiger partial charge in [-0.1, -0.05) is 17.7 Å². The van der Waals surface area contributed by atoms with Gasteiger partial charge in [-0.05, 0) is 26.0 Å². The minimum absolute atomic E-state index is 0.416. The van der Waals surface area contributed by atoms with Gasteiger partial charge in [0.2, 0.25) is 0 Å². The lowest BCUT2D eigenvalue weighted by molar-refractivity contribution is 1.04. The van der Waals surface area contributed by atoms with Gasteiger partial charge in [-0.2, -0.15) is 0 Å². The molecule has 5 heteroatoms. The first-order valence-electron chi connectivity index (χ1n) is 5.60. The van der Waals surface area contributed by atoms with Crippen molar-refractivity contribution < 1.29 is 0 Å². The van der Waals surface area contributed by atoms with E-state index >= 15 is 0 Å². The number of fused-ring (bicyclic) bond motifs is 1. The minimum atomic E-state index is 0.416. The van der Waals surface area contributed by atoms with E-state index in [0.717, 1.165) is 22.7 Å². The normalized spacial score (nSPS) is 11.1. The molecule has 0 aliphatic carbocycles. The average molecular weight is 259 g/mol. The summed E-state index contributed by atoms with van der Waals surface area (Å²) in [6.45, 7) is 3.83. The summed E-state index contributed by atoms with van der Waals surface area (Å²) < 4.78 is 1.95. The van der Waals surface area contributed by atoms with E-state index in [1.807, 2.05) is 42.6 Å². The van der Waals surface area contributed by atoms with Crippen molar-refractivity contribution in [2.45, 2.75) is 13.8 Å². The zero-order chi connectivity index (χ0) is 12.7. The maximum Gasteiger partial charge on any atom is 0.157 e. The van der Waals surface area contributed by atoms with Crippen molar-refractivity contribution in [2.75, 3.05) is 0 Å². The van der Waals surface area contributed by atoms with Crippen molar-refractivity contribution >= 4 is 17.2 Å². The van der Waals surface area contributed by atoms with Crippen LogP contribution in [-0.2, 0) is 0 Å². The van der Waals surface area contributed by atoms with E-state index in [4.69, 9.17) is 11.6 Å². The van der Waals surface area contributed by atoms with Crippen molar-refractivity contribution in [3.05, 3.63) is 47.1 Å². The number of imidazole rings is 1. The Labute approximate surface area is 109 Å². The molecule has 0 bridgehead atoms. The van der Waals surface area contributed by atoms with Crippen molar-refractivity contribution in [3.63, 3.8) is 0 Å². The van der Waals surface area contributed by atoms with E-state index in [1.165, 1.54) is 0 Å². The average Bonchev–Trinajstić information content (AvgIpc) is 2.82. The van der Waals surface area contributed by atoms with Crippen LogP contribution >= 0.6 is 11.6 Å². The quantitative estimate of drug-likeness (QED) is 0.674. The Balaban J connectivity index is 2.32. The summed E-state index contributed by atoms with van der Waals surface area (Å²) in [5.41, 5.74) is 4.17. The van der Waals surface area contributed by atoms with Crippen LogP contribution in [0.15, 0.2) is 30.6 Å². The number of hydrogen-bond donors (Lipinski definition) is 0. The van der Waals surface area contributed by atoms with Gasteiger partial charge >= 0.3 is 0 Å². The lowest BCUT2D eigenvalue weighted by atomic mass is 10.2. The van der Waals surface area contributed by atoms with E-state index in [-0.39, 0.29) is 0 Å². The maximum absolute atomic E-state index is 6.20. The highest BCUT2D eigenvalue weighted by Crippen LogP contribution is 2.25. The van der Waals surface area contributed by atoms with Crippen molar-refractivity contribution in [2.24, 2.45) is 0 Å². The SMILES string of the molecule is Cc1nc(Cl)c(-c2cccc3nccn23)nc1C. The number of aryl methyl sites for hydroxylation is 2. The van der Waals surface area contributed by atoms with Gasteiger partial charge in [0.05, 0.1) is 17.1 Å². The molecule has 0 radical (unpaired) electrons. The summed E-state index contributed by atoms with van der Waals surface area (Å²) in [5.74, 6) is 0. The second-order valence-corrected chi connectivity index (χ2v) is 4.46. The highest BCUT2D eigenvalue weighted by atomic mass is 35.5. The highest BCUT2D eigenvalue weighted by molar-refractivity contribution is 6.31. The van der Waals surface area contributed by atoms with Gasteiger partial charge in [0.15, 0.2) is 5.15 Å². The molecule has 0 fully saturated rings. The van der Waals surface area contributed by atoms with Crippen LogP contribution < -0.4 is 0 Å². The Bertz CT molecular complexity index is 733. The Morgan fingerprint density at radius 2 is 1.89 bits per heavy atom. The van der Waals surface area contributed by atoms with E-state index < -0.39 is 0 Å². The number of hydrogen-bond acceptors (Lipinski definition) is 3. The second-order valence-electron chi connectivity index (χ2n) is 4.10. The third-order valence-electron chi connectivity index (χ3n) is 2.94. The van der Waals surface area contributed by atoms with Crippen molar-refractivity contribution in [1.29, 1.82) is 0 Å². The van der Waals surface area contributed by atoms with Gasteiger partial charge in [-0.15, -0.1) is 0 Å². The first-order chi connectivity index (χ1) is 8.66. The number of pyridine rings is 1. The van der Waals surface area contributed by atoms with Crippen LogP contribution in [0.3, 0.4) is 0 Å². The topological polar surface area (TPSA) is 43.1 Å². The Hall–Kier alpha value is -1.94. The van der Waals surface area contributed by atoms with E-state index in [2.05, 4.69) is 15.0 Å². The van der Waals surface area contributed by atoms with Gasteiger partial charge in [0, 0.05) is 12.4 Å². The van der Waals surface area contributed by atoms with Crippen LogP contribution in [0.2, 0.25) is 5.15 Å². The smallest absolute Gasteiger partial charge is 0.157 e. The summed E-state index contributed by atoms with van der Waals surface area (Å²) in [6, 6.07) is 5.83. The number of aromatic nitrogens is 4. The van der Waals surface area contributed by atoms with Crippen LogP contribution in [0.1, 0.15) is 11.4 Å². The second kappa shape index (κ2) is 4.07. The number of rotatable bonds is 1. The maximum atomic E-state index is 6.20. The van der Waals surface area contributed by atoms with Gasteiger partial charge in [0.25, 0.3) is 0 Å². The molecule has 3 heterocycles. The summed E-state index contributed by atoms with van der Waals surface area (Å²) in [7, 11) is 0. The number of nitrogens with zero attached hydrogens (tertiary/aromatic N) is 4. The van der Waals surface area contributed by atoms with Crippen LogP contribution in [0.25, 0.3) is 17.0 Å². The summed E-state index contributed by atoms with van der Waals surface area (Å²) >= 11 is 6.20. The predicted molar refractivity (Wildman–Crippen MR) is 70.7 cm³/mol. The monoisotopic (exact) mass is 258 g/mol. The molecule has 0 saturated heterocycles. The van der Waals surface area contributed by atoms with E-state index in [9.17, 15) is 0 Å². The fourth-order valence-corrected chi connectivity index (χ4v) is 2.15. The Morgan fingerprint density at radius 3 is 2.72 bits per heavy atom. The molecule has 0 N–H and O–H groups in total.